The topological polar surface area (TPSA) is 34.1 Å². The van der Waals surface area contributed by atoms with Crippen LogP contribution in [0.25, 0.3) is 0 Å². The van der Waals surface area contributed by atoms with Crippen LogP contribution in [0.5, 0.6) is 0 Å². The maximum Gasteiger partial charge on any atom is 0.146 e. The van der Waals surface area contributed by atoms with Gasteiger partial charge in [0.15, 0.2) is 0 Å². The second kappa shape index (κ2) is 10.9. The Balaban J connectivity index is 1.68. The van der Waals surface area contributed by atoms with Crippen molar-refractivity contribution in [2.45, 2.75) is 117 Å². The molecular weight excluding hydrogens is 344 g/mol. The van der Waals surface area contributed by atoms with Crippen LogP contribution in [0.1, 0.15) is 117 Å². The molecule has 0 aliphatic heterocycles. The highest BCUT2D eigenvalue weighted by Gasteiger charge is 2.43. The van der Waals surface area contributed by atoms with Crippen LogP contribution < -0.4 is 0 Å². The van der Waals surface area contributed by atoms with Gasteiger partial charge in [-0.05, 0) is 62.2 Å². The SMILES string of the molecule is CCCC1CCC(C(C(=O)C2CCC(CCC)CC2=O)C2CCCCC2)CC1. The van der Waals surface area contributed by atoms with E-state index >= 15 is 0 Å². The largest absolute Gasteiger partial charge is 0.299 e. The van der Waals surface area contributed by atoms with E-state index < -0.39 is 0 Å². The van der Waals surface area contributed by atoms with Crippen LogP contribution in [0.3, 0.4) is 0 Å². The van der Waals surface area contributed by atoms with Crippen LogP contribution in [-0.2, 0) is 9.59 Å². The Bertz CT molecular complexity index is 497. The molecule has 3 aliphatic carbocycles. The molecule has 3 saturated carbocycles. The third-order valence-corrected chi connectivity index (χ3v) is 8.36. The Hall–Kier alpha value is -0.660. The predicted octanol–water partition coefficient (Wildman–Crippen LogP) is 7.14. The van der Waals surface area contributed by atoms with Crippen molar-refractivity contribution in [2.24, 2.45) is 35.5 Å². The van der Waals surface area contributed by atoms with Crippen molar-refractivity contribution in [3.05, 3.63) is 0 Å². The molecule has 0 heterocycles. The first kappa shape index (κ1) is 22.0. The number of carbonyl (C=O) groups excluding carboxylic acids is 2. The van der Waals surface area contributed by atoms with Crippen molar-refractivity contribution in [3.8, 4) is 0 Å². The summed E-state index contributed by atoms with van der Waals surface area (Å²) in [5, 5.41) is 0. The van der Waals surface area contributed by atoms with E-state index in [-0.39, 0.29) is 17.6 Å². The van der Waals surface area contributed by atoms with E-state index in [0.717, 1.165) is 31.6 Å². The van der Waals surface area contributed by atoms with Crippen LogP contribution >= 0.6 is 0 Å². The summed E-state index contributed by atoms with van der Waals surface area (Å²) < 4.78 is 0. The quantitative estimate of drug-likeness (QED) is 0.414. The zero-order valence-electron chi connectivity index (χ0n) is 18.6. The highest BCUT2D eigenvalue weighted by molar-refractivity contribution is 6.04. The van der Waals surface area contributed by atoms with E-state index in [1.807, 2.05) is 0 Å². The van der Waals surface area contributed by atoms with Gasteiger partial charge in [0.25, 0.3) is 0 Å². The number of rotatable bonds is 8. The first-order valence-corrected chi connectivity index (χ1v) is 12.7. The monoisotopic (exact) mass is 388 g/mol. The molecule has 3 atom stereocenters. The Morgan fingerprint density at radius 2 is 1.36 bits per heavy atom. The fourth-order valence-electron chi connectivity index (χ4n) is 6.87. The lowest BCUT2D eigenvalue weighted by molar-refractivity contribution is -0.141. The smallest absolute Gasteiger partial charge is 0.146 e. The third kappa shape index (κ3) is 5.48. The fraction of sp³-hybridized carbons (Fsp3) is 0.923. The summed E-state index contributed by atoms with van der Waals surface area (Å²) in [5.41, 5.74) is 0. The Kier molecular flexibility index (Phi) is 8.60. The Morgan fingerprint density at radius 1 is 0.786 bits per heavy atom. The van der Waals surface area contributed by atoms with Crippen LogP contribution in [0.15, 0.2) is 0 Å². The first-order chi connectivity index (χ1) is 13.6. The minimum atomic E-state index is -0.256. The lowest BCUT2D eigenvalue weighted by Crippen LogP contribution is -2.42. The van der Waals surface area contributed by atoms with Gasteiger partial charge < -0.3 is 0 Å². The highest BCUT2D eigenvalue weighted by Crippen LogP contribution is 2.44. The van der Waals surface area contributed by atoms with E-state index in [2.05, 4.69) is 13.8 Å². The van der Waals surface area contributed by atoms with E-state index in [1.165, 1.54) is 70.6 Å². The molecule has 0 N–H and O–H groups in total. The number of hydrogen-bond donors (Lipinski definition) is 0. The lowest BCUT2D eigenvalue weighted by atomic mass is 9.63. The molecule has 3 rings (SSSR count). The molecule has 0 radical (unpaired) electrons. The average molecular weight is 389 g/mol. The summed E-state index contributed by atoms with van der Waals surface area (Å²) in [5.74, 6) is 3.16. The molecular formula is C26H44O2. The van der Waals surface area contributed by atoms with Gasteiger partial charge in [-0.2, -0.15) is 0 Å². The van der Waals surface area contributed by atoms with Crippen LogP contribution in [-0.4, -0.2) is 11.6 Å². The summed E-state index contributed by atoms with van der Waals surface area (Å²) in [4.78, 5) is 26.7. The van der Waals surface area contributed by atoms with E-state index in [1.54, 1.807) is 0 Å². The molecule has 0 aromatic heterocycles. The van der Waals surface area contributed by atoms with Crippen LogP contribution in [0.2, 0.25) is 0 Å². The third-order valence-electron chi connectivity index (χ3n) is 8.36. The first-order valence-electron chi connectivity index (χ1n) is 12.7. The van der Waals surface area contributed by atoms with Gasteiger partial charge in [-0.1, -0.05) is 71.6 Å². The van der Waals surface area contributed by atoms with Crippen molar-refractivity contribution in [2.75, 3.05) is 0 Å². The van der Waals surface area contributed by atoms with Crippen molar-refractivity contribution >= 4 is 11.6 Å². The van der Waals surface area contributed by atoms with E-state index in [0.29, 0.717) is 30.0 Å². The van der Waals surface area contributed by atoms with Gasteiger partial charge in [-0.25, -0.2) is 0 Å². The van der Waals surface area contributed by atoms with Gasteiger partial charge in [0, 0.05) is 12.3 Å². The average Bonchev–Trinajstić information content (AvgIpc) is 2.71. The molecule has 3 aliphatic rings. The van der Waals surface area contributed by atoms with Gasteiger partial charge in [0.05, 0.1) is 5.92 Å². The van der Waals surface area contributed by atoms with Gasteiger partial charge in [0.2, 0.25) is 0 Å². The lowest BCUT2D eigenvalue weighted by Gasteiger charge is -2.40. The minimum absolute atomic E-state index is 0.194. The van der Waals surface area contributed by atoms with Crippen LogP contribution in [0.4, 0.5) is 0 Å². The van der Waals surface area contributed by atoms with Gasteiger partial charge in [-0.3, -0.25) is 9.59 Å². The molecule has 160 valence electrons. The molecule has 0 saturated heterocycles. The number of ketones is 2. The van der Waals surface area contributed by atoms with Crippen molar-refractivity contribution in [1.82, 2.24) is 0 Å². The molecule has 28 heavy (non-hydrogen) atoms. The molecule has 0 amide bonds. The van der Waals surface area contributed by atoms with E-state index in [4.69, 9.17) is 0 Å². The minimum Gasteiger partial charge on any atom is -0.299 e. The summed E-state index contributed by atoms with van der Waals surface area (Å²) in [6, 6.07) is 0. The Morgan fingerprint density at radius 3 is 1.96 bits per heavy atom. The molecule has 0 aromatic carbocycles. The second-order valence-corrected chi connectivity index (χ2v) is 10.4. The summed E-state index contributed by atoms with van der Waals surface area (Å²) in [6.07, 6.45) is 19.0. The molecule has 0 spiro atoms. The zero-order valence-corrected chi connectivity index (χ0v) is 18.6. The zero-order chi connectivity index (χ0) is 19.9. The normalized spacial score (nSPS) is 33.6. The van der Waals surface area contributed by atoms with Crippen LogP contribution in [0, 0.1) is 35.5 Å². The van der Waals surface area contributed by atoms with Gasteiger partial charge >= 0.3 is 0 Å². The summed E-state index contributed by atoms with van der Waals surface area (Å²) >= 11 is 0. The molecule has 2 heteroatoms. The predicted molar refractivity (Wildman–Crippen MR) is 116 cm³/mol. The van der Waals surface area contributed by atoms with Gasteiger partial charge in [0.1, 0.15) is 11.6 Å². The molecule has 0 bridgehead atoms. The van der Waals surface area contributed by atoms with Gasteiger partial charge in [-0.15, -0.1) is 0 Å². The molecule has 3 fully saturated rings. The van der Waals surface area contributed by atoms with Crippen molar-refractivity contribution in [3.63, 3.8) is 0 Å². The summed E-state index contributed by atoms with van der Waals surface area (Å²) in [6.45, 7) is 4.50. The molecule has 3 unspecified atom stereocenters. The maximum atomic E-state index is 13.8. The molecule has 2 nitrogen and oxygen atoms in total. The van der Waals surface area contributed by atoms with E-state index in [9.17, 15) is 9.59 Å². The maximum absolute atomic E-state index is 13.8. The standard InChI is InChI=1S/C26H44O2/c1-3-8-19-12-15-22(16-13-19)25(21-10-6-5-7-11-21)26(28)23-17-14-20(9-4-2)18-24(23)27/h19-23,25H,3-18H2,1-2H3. The highest BCUT2D eigenvalue weighted by atomic mass is 16.2. The summed E-state index contributed by atoms with van der Waals surface area (Å²) in [7, 11) is 0. The number of carbonyl (C=O) groups is 2. The second-order valence-electron chi connectivity index (χ2n) is 10.4. The van der Waals surface area contributed by atoms with Crippen molar-refractivity contribution in [1.29, 1.82) is 0 Å². The molecule has 0 aromatic rings. The Labute approximate surface area is 173 Å². The van der Waals surface area contributed by atoms with Crippen molar-refractivity contribution < 1.29 is 9.59 Å². The number of Topliss-reactive ketones (excluding diaryl/α,β-unsaturated/α-hetero) is 2. The fourth-order valence-corrected chi connectivity index (χ4v) is 6.87. The number of hydrogen-bond acceptors (Lipinski definition) is 2.